The molecule has 0 bridgehead atoms. The van der Waals surface area contributed by atoms with E-state index in [4.69, 9.17) is 4.74 Å². The van der Waals surface area contributed by atoms with Crippen LogP contribution in [-0.2, 0) is 4.74 Å². The summed E-state index contributed by atoms with van der Waals surface area (Å²) in [6, 6.07) is 2.22. The molecule has 29 heavy (non-hydrogen) atoms. The Hall–Kier alpha value is -1.40. The predicted octanol–water partition coefficient (Wildman–Crippen LogP) is 3.43. The van der Waals surface area contributed by atoms with Gasteiger partial charge in [-0.25, -0.2) is 9.97 Å². The van der Waals surface area contributed by atoms with Crippen molar-refractivity contribution in [1.29, 1.82) is 0 Å². The minimum absolute atomic E-state index is 0.371. The first-order valence-electron chi connectivity index (χ1n) is 11.8. The van der Waals surface area contributed by atoms with Crippen molar-refractivity contribution in [1.82, 2.24) is 14.9 Å². The van der Waals surface area contributed by atoms with Gasteiger partial charge >= 0.3 is 0 Å². The predicted molar refractivity (Wildman–Crippen MR) is 119 cm³/mol. The SMILES string of the molecule is CC1CCCN(c2cc(N3CCC(CCN4CC(C)OC(C)C4)CC3)ncn2)C1. The molecule has 0 aliphatic carbocycles. The molecule has 0 saturated carbocycles. The molecule has 3 atom stereocenters. The second-order valence-corrected chi connectivity index (χ2v) is 9.66. The highest BCUT2D eigenvalue weighted by atomic mass is 16.5. The summed E-state index contributed by atoms with van der Waals surface area (Å²) < 4.78 is 5.87. The molecular weight excluding hydrogens is 362 g/mol. The van der Waals surface area contributed by atoms with Gasteiger partial charge in [0.2, 0.25) is 0 Å². The zero-order valence-electron chi connectivity index (χ0n) is 18.6. The lowest BCUT2D eigenvalue weighted by Crippen LogP contribution is -2.46. The van der Waals surface area contributed by atoms with Crippen LogP contribution in [0.1, 0.15) is 52.9 Å². The molecule has 3 aliphatic rings. The van der Waals surface area contributed by atoms with Crippen molar-refractivity contribution in [2.75, 3.05) is 55.6 Å². The summed E-state index contributed by atoms with van der Waals surface area (Å²) in [4.78, 5) is 16.7. The number of morpholine rings is 1. The summed E-state index contributed by atoms with van der Waals surface area (Å²) in [6.45, 7) is 14.6. The summed E-state index contributed by atoms with van der Waals surface area (Å²) in [5, 5.41) is 0. The molecule has 6 heteroatoms. The van der Waals surface area contributed by atoms with E-state index in [0.717, 1.165) is 62.7 Å². The van der Waals surface area contributed by atoms with Crippen molar-refractivity contribution in [2.24, 2.45) is 11.8 Å². The molecule has 0 N–H and O–H groups in total. The van der Waals surface area contributed by atoms with E-state index in [2.05, 4.69) is 51.5 Å². The van der Waals surface area contributed by atoms with Crippen LogP contribution in [-0.4, -0.2) is 72.9 Å². The maximum absolute atomic E-state index is 5.87. The molecule has 3 fully saturated rings. The summed E-state index contributed by atoms with van der Waals surface area (Å²) in [5.74, 6) is 3.82. The van der Waals surface area contributed by atoms with Gasteiger partial charge < -0.3 is 14.5 Å². The molecule has 0 amide bonds. The average molecular weight is 402 g/mol. The fourth-order valence-corrected chi connectivity index (χ4v) is 5.36. The third-order valence-corrected chi connectivity index (χ3v) is 6.91. The van der Waals surface area contributed by atoms with E-state index in [1.807, 2.05) is 0 Å². The summed E-state index contributed by atoms with van der Waals surface area (Å²) >= 11 is 0. The van der Waals surface area contributed by atoms with Gasteiger partial charge in [0.25, 0.3) is 0 Å². The summed E-state index contributed by atoms with van der Waals surface area (Å²) in [7, 11) is 0. The average Bonchev–Trinajstić information content (AvgIpc) is 2.72. The summed E-state index contributed by atoms with van der Waals surface area (Å²) in [6.07, 6.45) is 8.97. The molecule has 3 aliphatic heterocycles. The molecule has 6 nitrogen and oxygen atoms in total. The molecule has 4 rings (SSSR count). The first kappa shape index (κ1) is 20.9. The van der Waals surface area contributed by atoms with Gasteiger partial charge in [0.05, 0.1) is 12.2 Å². The van der Waals surface area contributed by atoms with Crippen LogP contribution < -0.4 is 9.80 Å². The molecule has 0 aromatic carbocycles. The van der Waals surface area contributed by atoms with Gasteiger partial charge in [0, 0.05) is 45.3 Å². The number of piperidine rings is 2. The Morgan fingerprint density at radius 3 is 2.28 bits per heavy atom. The Morgan fingerprint density at radius 1 is 0.897 bits per heavy atom. The largest absolute Gasteiger partial charge is 0.373 e. The topological polar surface area (TPSA) is 44.7 Å². The molecule has 1 aromatic rings. The van der Waals surface area contributed by atoms with E-state index in [0.29, 0.717) is 12.2 Å². The van der Waals surface area contributed by atoms with Gasteiger partial charge in [-0.2, -0.15) is 0 Å². The first-order valence-corrected chi connectivity index (χ1v) is 11.8. The van der Waals surface area contributed by atoms with Crippen molar-refractivity contribution in [3.8, 4) is 0 Å². The van der Waals surface area contributed by atoms with Gasteiger partial charge in [-0.05, 0) is 64.3 Å². The monoisotopic (exact) mass is 401 g/mol. The Morgan fingerprint density at radius 2 is 1.59 bits per heavy atom. The quantitative estimate of drug-likeness (QED) is 0.753. The fraction of sp³-hybridized carbons (Fsp3) is 0.826. The minimum atomic E-state index is 0.371. The molecule has 0 radical (unpaired) electrons. The highest BCUT2D eigenvalue weighted by molar-refractivity contribution is 5.50. The Labute approximate surface area is 176 Å². The lowest BCUT2D eigenvalue weighted by Gasteiger charge is -2.37. The summed E-state index contributed by atoms with van der Waals surface area (Å²) in [5.41, 5.74) is 0. The van der Waals surface area contributed by atoms with Crippen molar-refractivity contribution >= 4 is 11.6 Å². The third-order valence-electron chi connectivity index (χ3n) is 6.91. The number of hydrogen-bond donors (Lipinski definition) is 0. The van der Waals surface area contributed by atoms with E-state index >= 15 is 0 Å². The van der Waals surface area contributed by atoms with Gasteiger partial charge in [-0.15, -0.1) is 0 Å². The zero-order chi connectivity index (χ0) is 20.2. The van der Waals surface area contributed by atoms with Crippen LogP contribution in [0, 0.1) is 11.8 Å². The number of nitrogens with zero attached hydrogens (tertiary/aromatic N) is 5. The van der Waals surface area contributed by atoms with Crippen LogP contribution >= 0.6 is 0 Å². The van der Waals surface area contributed by atoms with E-state index in [-0.39, 0.29) is 0 Å². The van der Waals surface area contributed by atoms with Crippen LogP contribution in [0.15, 0.2) is 12.4 Å². The molecule has 3 unspecified atom stereocenters. The van der Waals surface area contributed by atoms with Crippen molar-refractivity contribution < 1.29 is 4.74 Å². The highest BCUT2D eigenvalue weighted by Crippen LogP contribution is 2.28. The van der Waals surface area contributed by atoms with E-state index in [1.165, 1.54) is 38.6 Å². The minimum Gasteiger partial charge on any atom is -0.373 e. The maximum Gasteiger partial charge on any atom is 0.134 e. The molecular formula is C23H39N5O. The first-order chi connectivity index (χ1) is 14.1. The van der Waals surface area contributed by atoms with Crippen LogP contribution in [0.5, 0.6) is 0 Å². The number of ether oxygens (including phenoxy) is 1. The van der Waals surface area contributed by atoms with Crippen LogP contribution in [0.25, 0.3) is 0 Å². The second-order valence-electron chi connectivity index (χ2n) is 9.66. The van der Waals surface area contributed by atoms with Crippen molar-refractivity contribution in [3.05, 3.63) is 12.4 Å². The Bertz CT molecular complexity index is 638. The van der Waals surface area contributed by atoms with Gasteiger partial charge in [-0.1, -0.05) is 6.92 Å². The molecule has 4 heterocycles. The number of rotatable bonds is 5. The highest BCUT2D eigenvalue weighted by Gasteiger charge is 2.25. The van der Waals surface area contributed by atoms with E-state index < -0.39 is 0 Å². The van der Waals surface area contributed by atoms with Gasteiger partial charge in [-0.3, -0.25) is 4.90 Å². The normalized spacial score (nSPS) is 30.0. The van der Waals surface area contributed by atoms with Crippen LogP contribution in [0.3, 0.4) is 0 Å². The molecule has 162 valence electrons. The Balaban J connectivity index is 1.26. The number of hydrogen-bond acceptors (Lipinski definition) is 6. The maximum atomic E-state index is 5.87. The lowest BCUT2D eigenvalue weighted by atomic mass is 9.93. The molecule has 1 aromatic heterocycles. The lowest BCUT2D eigenvalue weighted by molar-refractivity contribution is -0.0690. The van der Waals surface area contributed by atoms with Crippen molar-refractivity contribution in [2.45, 2.75) is 65.1 Å². The van der Waals surface area contributed by atoms with Gasteiger partial charge in [0.1, 0.15) is 18.0 Å². The zero-order valence-corrected chi connectivity index (χ0v) is 18.6. The Kier molecular flexibility index (Phi) is 6.91. The standard InChI is InChI=1S/C23H39N5O/c1-18-5-4-9-28(14-18)23-13-22(24-17-25-23)27-11-7-21(8-12-27)6-10-26-15-19(2)29-20(3)16-26/h13,17-21H,4-12,14-16H2,1-3H3. The van der Waals surface area contributed by atoms with Crippen LogP contribution in [0.2, 0.25) is 0 Å². The second kappa shape index (κ2) is 9.61. The smallest absolute Gasteiger partial charge is 0.134 e. The van der Waals surface area contributed by atoms with Crippen LogP contribution in [0.4, 0.5) is 11.6 Å². The number of anilines is 2. The van der Waals surface area contributed by atoms with E-state index in [1.54, 1.807) is 6.33 Å². The van der Waals surface area contributed by atoms with Crippen molar-refractivity contribution in [3.63, 3.8) is 0 Å². The third kappa shape index (κ3) is 5.60. The molecule has 3 saturated heterocycles. The number of aromatic nitrogens is 2. The molecule has 0 spiro atoms. The van der Waals surface area contributed by atoms with Gasteiger partial charge in [0.15, 0.2) is 0 Å². The fourth-order valence-electron chi connectivity index (χ4n) is 5.36. The van der Waals surface area contributed by atoms with E-state index in [9.17, 15) is 0 Å².